The van der Waals surface area contributed by atoms with E-state index >= 15 is 0 Å². The molecule has 18 heavy (non-hydrogen) atoms. The SMILES string of the molecule is CC(C)c1ccc(C(C#N)Cc2cccs2)cc1. The van der Waals surface area contributed by atoms with Crippen LogP contribution in [0.25, 0.3) is 0 Å². The molecule has 2 rings (SSSR count). The molecule has 0 N–H and O–H groups in total. The zero-order valence-corrected chi connectivity index (χ0v) is 11.6. The molecule has 0 fully saturated rings. The van der Waals surface area contributed by atoms with Crippen LogP contribution < -0.4 is 0 Å². The first-order chi connectivity index (χ1) is 8.70. The molecule has 0 bridgehead atoms. The highest BCUT2D eigenvalue weighted by molar-refractivity contribution is 7.09. The van der Waals surface area contributed by atoms with Crippen molar-refractivity contribution in [3.05, 3.63) is 57.8 Å². The maximum Gasteiger partial charge on any atom is 0.0760 e. The molecule has 1 aromatic carbocycles. The number of hydrogen-bond donors (Lipinski definition) is 0. The fourth-order valence-electron chi connectivity index (χ4n) is 1.98. The summed E-state index contributed by atoms with van der Waals surface area (Å²) < 4.78 is 0. The van der Waals surface area contributed by atoms with Crippen LogP contribution in [-0.2, 0) is 6.42 Å². The molecule has 2 heteroatoms. The summed E-state index contributed by atoms with van der Waals surface area (Å²) in [7, 11) is 0. The zero-order valence-electron chi connectivity index (χ0n) is 10.8. The lowest BCUT2D eigenvalue weighted by molar-refractivity contribution is 0.844. The van der Waals surface area contributed by atoms with Crippen LogP contribution in [0.1, 0.15) is 41.7 Å². The van der Waals surface area contributed by atoms with Crippen molar-refractivity contribution in [2.75, 3.05) is 0 Å². The van der Waals surface area contributed by atoms with E-state index in [0.717, 1.165) is 12.0 Å². The summed E-state index contributed by atoms with van der Waals surface area (Å²) in [6.07, 6.45) is 0.815. The van der Waals surface area contributed by atoms with Gasteiger partial charge < -0.3 is 0 Å². The Morgan fingerprint density at radius 3 is 2.28 bits per heavy atom. The average Bonchev–Trinajstić information content (AvgIpc) is 2.89. The van der Waals surface area contributed by atoms with Crippen LogP contribution in [0.3, 0.4) is 0 Å². The third-order valence-electron chi connectivity index (χ3n) is 3.15. The van der Waals surface area contributed by atoms with E-state index in [1.807, 2.05) is 6.07 Å². The first kappa shape index (κ1) is 12.9. The van der Waals surface area contributed by atoms with Gasteiger partial charge in [-0.25, -0.2) is 0 Å². The van der Waals surface area contributed by atoms with Crippen LogP contribution in [0.2, 0.25) is 0 Å². The Labute approximate surface area is 113 Å². The Kier molecular flexibility index (Phi) is 4.17. The number of rotatable bonds is 4. The van der Waals surface area contributed by atoms with E-state index in [2.05, 4.69) is 55.6 Å². The minimum absolute atomic E-state index is 0.0372. The maximum atomic E-state index is 9.31. The van der Waals surface area contributed by atoms with Crippen LogP contribution >= 0.6 is 11.3 Å². The van der Waals surface area contributed by atoms with Crippen molar-refractivity contribution in [2.45, 2.75) is 32.1 Å². The lowest BCUT2D eigenvalue weighted by Crippen LogP contribution is -1.99. The number of hydrogen-bond acceptors (Lipinski definition) is 2. The largest absolute Gasteiger partial charge is 0.198 e. The van der Waals surface area contributed by atoms with Crippen LogP contribution in [0.4, 0.5) is 0 Å². The number of benzene rings is 1. The van der Waals surface area contributed by atoms with Crippen molar-refractivity contribution in [2.24, 2.45) is 0 Å². The Morgan fingerprint density at radius 2 is 1.78 bits per heavy atom. The summed E-state index contributed by atoms with van der Waals surface area (Å²) >= 11 is 1.72. The quantitative estimate of drug-likeness (QED) is 0.775. The van der Waals surface area contributed by atoms with Gasteiger partial charge in [-0.05, 0) is 28.5 Å². The lowest BCUT2D eigenvalue weighted by Gasteiger charge is -2.10. The van der Waals surface area contributed by atoms with Crippen LogP contribution in [0, 0.1) is 11.3 Å². The van der Waals surface area contributed by atoms with Crippen molar-refractivity contribution in [1.82, 2.24) is 0 Å². The van der Waals surface area contributed by atoms with Gasteiger partial charge in [0.1, 0.15) is 0 Å². The molecule has 1 aromatic heterocycles. The molecule has 0 saturated carbocycles. The van der Waals surface area contributed by atoms with Gasteiger partial charge in [-0.15, -0.1) is 11.3 Å². The first-order valence-corrected chi connectivity index (χ1v) is 7.10. The summed E-state index contributed by atoms with van der Waals surface area (Å²) in [5, 5.41) is 11.4. The monoisotopic (exact) mass is 255 g/mol. The van der Waals surface area contributed by atoms with Gasteiger partial charge in [0.05, 0.1) is 12.0 Å². The summed E-state index contributed by atoms with van der Waals surface area (Å²) in [5.41, 5.74) is 2.45. The summed E-state index contributed by atoms with van der Waals surface area (Å²) in [5.74, 6) is 0.502. The molecule has 0 aliphatic heterocycles. The van der Waals surface area contributed by atoms with Crippen LogP contribution in [0.15, 0.2) is 41.8 Å². The van der Waals surface area contributed by atoms with E-state index < -0.39 is 0 Å². The second-order valence-electron chi connectivity index (χ2n) is 4.79. The molecule has 0 aliphatic carbocycles. The fraction of sp³-hybridized carbons (Fsp3) is 0.312. The lowest BCUT2D eigenvalue weighted by atomic mass is 9.93. The standard InChI is InChI=1S/C16H17NS/c1-12(2)13-5-7-14(8-6-13)15(11-17)10-16-4-3-9-18-16/h3-9,12,15H,10H2,1-2H3. The molecule has 1 heterocycles. The van der Waals surface area contributed by atoms with Gasteiger partial charge in [-0.1, -0.05) is 44.2 Å². The second-order valence-corrected chi connectivity index (χ2v) is 5.82. The molecule has 0 aliphatic rings. The number of nitriles is 1. The first-order valence-electron chi connectivity index (χ1n) is 6.22. The zero-order chi connectivity index (χ0) is 13.0. The predicted octanol–water partition coefficient (Wildman–Crippen LogP) is 4.72. The van der Waals surface area contributed by atoms with E-state index in [1.54, 1.807) is 11.3 Å². The molecule has 0 spiro atoms. The van der Waals surface area contributed by atoms with Crippen LogP contribution in [-0.4, -0.2) is 0 Å². The molecule has 92 valence electrons. The minimum Gasteiger partial charge on any atom is -0.198 e. The highest BCUT2D eigenvalue weighted by atomic mass is 32.1. The van der Waals surface area contributed by atoms with E-state index in [-0.39, 0.29) is 5.92 Å². The smallest absolute Gasteiger partial charge is 0.0760 e. The van der Waals surface area contributed by atoms with Crippen molar-refractivity contribution < 1.29 is 0 Å². The third-order valence-corrected chi connectivity index (χ3v) is 4.05. The molecular formula is C16H17NS. The van der Waals surface area contributed by atoms with Crippen molar-refractivity contribution in [3.8, 4) is 6.07 Å². The van der Waals surface area contributed by atoms with E-state index in [4.69, 9.17) is 0 Å². The number of thiophene rings is 1. The Hall–Kier alpha value is -1.59. The second kappa shape index (κ2) is 5.84. The Morgan fingerprint density at radius 1 is 1.11 bits per heavy atom. The van der Waals surface area contributed by atoms with E-state index in [9.17, 15) is 5.26 Å². The average molecular weight is 255 g/mol. The van der Waals surface area contributed by atoms with Gasteiger partial charge in [-0.2, -0.15) is 5.26 Å². The molecule has 1 unspecified atom stereocenters. The molecule has 1 nitrogen and oxygen atoms in total. The van der Waals surface area contributed by atoms with Crippen molar-refractivity contribution in [3.63, 3.8) is 0 Å². The topological polar surface area (TPSA) is 23.8 Å². The van der Waals surface area contributed by atoms with Gasteiger partial charge >= 0.3 is 0 Å². The highest BCUT2D eigenvalue weighted by Gasteiger charge is 2.12. The Bertz CT molecular complexity index is 517. The molecule has 0 amide bonds. The third kappa shape index (κ3) is 3.00. The Balaban J connectivity index is 2.15. The van der Waals surface area contributed by atoms with E-state index in [0.29, 0.717) is 5.92 Å². The number of nitrogens with zero attached hydrogens (tertiary/aromatic N) is 1. The minimum atomic E-state index is -0.0372. The molecule has 2 aromatic rings. The molecule has 0 radical (unpaired) electrons. The molecule has 1 atom stereocenters. The van der Waals surface area contributed by atoms with Crippen molar-refractivity contribution in [1.29, 1.82) is 5.26 Å². The van der Waals surface area contributed by atoms with E-state index in [1.165, 1.54) is 10.4 Å². The normalized spacial score (nSPS) is 12.3. The maximum absolute atomic E-state index is 9.31. The molecular weight excluding hydrogens is 238 g/mol. The molecule has 0 saturated heterocycles. The predicted molar refractivity (Wildman–Crippen MR) is 76.9 cm³/mol. The van der Waals surface area contributed by atoms with Crippen LogP contribution in [0.5, 0.6) is 0 Å². The van der Waals surface area contributed by atoms with Gasteiger partial charge in [0.15, 0.2) is 0 Å². The van der Waals surface area contributed by atoms with Gasteiger partial charge in [-0.3, -0.25) is 0 Å². The summed E-state index contributed by atoms with van der Waals surface area (Å²) in [6.45, 7) is 4.37. The van der Waals surface area contributed by atoms with Crippen molar-refractivity contribution >= 4 is 11.3 Å². The fourth-order valence-corrected chi connectivity index (χ4v) is 2.73. The summed E-state index contributed by atoms with van der Waals surface area (Å²) in [4.78, 5) is 1.27. The summed E-state index contributed by atoms with van der Waals surface area (Å²) in [6, 6.07) is 15.0. The highest BCUT2D eigenvalue weighted by Crippen LogP contribution is 2.24. The van der Waals surface area contributed by atoms with Gasteiger partial charge in [0.2, 0.25) is 0 Å². The van der Waals surface area contributed by atoms with Gasteiger partial charge in [0.25, 0.3) is 0 Å². The van der Waals surface area contributed by atoms with Gasteiger partial charge in [0, 0.05) is 11.3 Å².